The van der Waals surface area contributed by atoms with E-state index in [1.54, 1.807) is 6.07 Å². The third-order valence-electron chi connectivity index (χ3n) is 4.05. The minimum atomic E-state index is -0.252. The summed E-state index contributed by atoms with van der Waals surface area (Å²) in [6.45, 7) is 4.86. The zero-order valence-corrected chi connectivity index (χ0v) is 12.9. The topological polar surface area (TPSA) is 41.6 Å². The first-order chi connectivity index (χ1) is 9.94. The number of halogens is 1. The number of carbonyl (C=O) groups is 1. The average Bonchev–Trinajstić information content (AvgIpc) is 2.74. The van der Waals surface area contributed by atoms with Gasteiger partial charge < -0.3 is 4.74 Å². The molecule has 1 fully saturated rings. The highest BCUT2D eigenvalue weighted by atomic mass is 19.1. The number of carbonyl (C=O) groups excluding carboxylic acids is 1. The number of hydrazine groups is 1. The van der Waals surface area contributed by atoms with E-state index >= 15 is 0 Å². The Kier molecular flexibility index (Phi) is 4.96. The number of benzene rings is 1. The van der Waals surface area contributed by atoms with Crippen molar-refractivity contribution in [3.05, 3.63) is 35.6 Å². The second-order valence-corrected chi connectivity index (χ2v) is 6.05. The van der Waals surface area contributed by atoms with Crippen LogP contribution < -0.4 is 5.43 Å². The van der Waals surface area contributed by atoms with E-state index in [2.05, 4.69) is 19.3 Å². The van der Waals surface area contributed by atoms with E-state index in [0.29, 0.717) is 13.0 Å². The summed E-state index contributed by atoms with van der Waals surface area (Å²) >= 11 is 0. The molecule has 1 aromatic carbocycles. The van der Waals surface area contributed by atoms with Gasteiger partial charge in [-0.25, -0.2) is 9.40 Å². The van der Waals surface area contributed by atoms with Gasteiger partial charge in [0.1, 0.15) is 11.9 Å². The van der Waals surface area contributed by atoms with E-state index in [1.165, 1.54) is 19.2 Å². The molecule has 1 heterocycles. The van der Waals surface area contributed by atoms with Gasteiger partial charge in [0.05, 0.1) is 7.11 Å². The molecular weight excluding hydrogens is 271 g/mol. The Balaban J connectivity index is 1.94. The fourth-order valence-corrected chi connectivity index (χ4v) is 2.86. The molecule has 0 aliphatic carbocycles. The first-order valence-electron chi connectivity index (χ1n) is 7.29. The predicted octanol–water partition coefficient (Wildman–Crippen LogP) is 2.29. The number of nitrogens with zero attached hydrogens (tertiary/aromatic N) is 1. The van der Waals surface area contributed by atoms with E-state index in [4.69, 9.17) is 4.74 Å². The molecular formula is C16H23FN2O2. The van der Waals surface area contributed by atoms with E-state index in [-0.39, 0.29) is 23.4 Å². The third kappa shape index (κ3) is 3.80. The number of hydrogen-bond donors (Lipinski definition) is 1. The lowest BCUT2D eigenvalue weighted by Gasteiger charge is -2.35. The van der Waals surface area contributed by atoms with Crippen LogP contribution in [0.1, 0.15) is 32.3 Å². The van der Waals surface area contributed by atoms with Crippen LogP contribution in [0.5, 0.6) is 0 Å². The van der Waals surface area contributed by atoms with Crippen molar-refractivity contribution in [3.8, 4) is 0 Å². The van der Waals surface area contributed by atoms with Gasteiger partial charge in [0.25, 0.3) is 0 Å². The highest BCUT2D eigenvalue weighted by Crippen LogP contribution is 2.32. The minimum absolute atomic E-state index is 0.0964. The zero-order chi connectivity index (χ0) is 15.5. The Bertz CT molecular complexity index is 505. The second-order valence-electron chi connectivity index (χ2n) is 6.05. The quantitative estimate of drug-likeness (QED) is 0.846. The lowest BCUT2D eigenvalue weighted by Crippen LogP contribution is -2.54. The molecule has 2 rings (SSSR count). The monoisotopic (exact) mass is 294 g/mol. The molecule has 0 radical (unpaired) electrons. The second kappa shape index (κ2) is 6.54. The summed E-state index contributed by atoms with van der Waals surface area (Å²) in [5, 5.41) is 1.98. The molecule has 1 atom stereocenters. The maximum absolute atomic E-state index is 13.1. The van der Waals surface area contributed by atoms with Gasteiger partial charge in [-0.1, -0.05) is 12.1 Å². The first kappa shape index (κ1) is 15.9. The first-order valence-corrected chi connectivity index (χ1v) is 7.29. The smallest absolute Gasteiger partial charge is 0.324 e. The lowest BCUT2D eigenvalue weighted by atomic mass is 10.0. The molecule has 0 spiro atoms. The van der Waals surface area contributed by atoms with Crippen LogP contribution in [0.15, 0.2) is 24.3 Å². The molecule has 1 aliphatic rings. The summed E-state index contributed by atoms with van der Waals surface area (Å²) < 4.78 is 18.0. The fraction of sp³-hybridized carbons (Fsp3) is 0.562. The van der Waals surface area contributed by atoms with Crippen molar-refractivity contribution < 1.29 is 13.9 Å². The number of ether oxygens (including phenoxy) is 1. The minimum Gasteiger partial charge on any atom is -0.468 e. The van der Waals surface area contributed by atoms with Crippen LogP contribution in [0.3, 0.4) is 0 Å². The summed E-state index contributed by atoms with van der Waals surface area (Å²) in [5.41, 5.74) is 4.16. The Labute approximate surface area is 125 Å². The van der Waals surface area contributed by atoms with Crippen molar-refractivity contribution in [1.82, 2.24) is 10.4 Å². The largest absolute Gasteiger partial charge is 0.468 e. The van der Waals surface area contributed by atoms with E-state index in [0.717, 1.165) is 18.4 Å². The Hall–Kier alpha value is -1.46. The fourth-order valence-electron chi connectivity index (χ4n) is 2.86. The number of methoxy groups -OCH3 is 1. The van der Waals surface area contributed by atoms with E-state index in [1.807, 2.05) is 11.1 Å². The van der Waals surface area contributed by atoms with Gasteiger partial charge in [0.15, 0.2) is 0 Å². The van der Waals surface area contributed by atoms with Crippen LogP contribution in [0, 0.1) is 5.82 Å². The number of esters is 1. The molecule has 21 heavy (non-hydrogen) atoms. The Morgan fingerprint density at radius 3 is 2.95 bits per heavy atom. The van der Waals surface area contributed by atoms with Gasteiger partial charge in [-0.2, -0.15) is 0 Å². The Morgan fingerprint density at radius 2 is 2.29 bits per heavy atom. The molecule has 116 valence electrons. The molecule has 1 aliphatic heterocycles. The molecule has 1 saturated heterocycles. The van der Waals surface area contributed by atoms with Crippen molar-refractivity contribution in [2.24, 2.45) is 0 Å². The van der Waals surface area contributed by atoms with Gasteiger partial charge in [0, 0.05) is 12.1 Å². The van der Waals surface area contributed by atoms with Crippen molar-refractivity contribution in [2.45, 2.75) is 44.7 Å². The number of hydrogen-bond acceptors (Lipinski definition) is 4. The maximum atomic E-state index is 13.1. The number of nitrogens with one attached hydrogen (secondary N) is 1. The van der Waals surface area contributed by atoms with Crippen molar-refractivity contribution in [1.29, 1.82) is 0 Å². The van der Waals surface area contributed by atoms with Gasteiger partial charge in [0.2, 0.25) is 0 Å². The van der Waals surface area contributed by atoms with Crippen LogP contribution in [0.2, 0.25) is 0 Å². The molecule has 0 aromatic heterocycles. The van der Waals surface area contributed by atoms with Gasteiger partial charge in [-0.15, -0.1) is 0 Å². The third-order valence-corrected chi connectivity index (χ3v) is 4.05. The maximum Gasteiger partial charge on any atom is 0.324 e. The average molecular weight is 294 g/mol. The standard InChI is InChI=1S/C16H23FN2O2/c1-16(2)9-7-14(15(20)21-3)19(16)18-10-8-12-5-4-6-13(17)11-12/h4-6,11,14,18H,7-10H2,1-3H3. The molecule has 1 aromatic rings. The van der Waals surface area contributed by atoms with E-state index < -0.39 is 0 Å². The van der Waals surface area contributed by atoms with Gasteiger partial charge in [-0.05, 0) is 50.8 Å². The molecule has 1 unspecified atom stereocenters. The molecule has 0 amide bonds. The summed E-state index contributed by atoms with van der Waals surface area (Å²) in [4.78, 5) is 11.8. The van der Waals surface area contributed by atoms with Crippen LogP contribution in [0.25, 0.3) is 0 Å². The van der Waals surface area contributed by atoms with E-state index in [9.17, 15) is 9.18 Å². The molecule has 5 heteroatoms. The highest BCUT2D eigenvalue weighted by molar-refractivity contribution is 5.76. The normalized spacial score (nSPS) is 21.4. The van der Waals surface area contributed by atoms with Crippen LogP contribution >= 0.6 is 0 Å². The predicted molar refractivity (Wildman–Crippen MR) is 79.1 cm³/mol. The zero-order valence-electron chi connectivity index (χ0n) is 12.9. The van der Waals surface area contributed by atoms with Crippen LogP contribution in [-0.2, 0) is 16.0 Å². The molecule has 0 saturated carbocycles. The Morgan fingerprint density at radius 1 is 1.52 bits per heavy atom. The summed E-state index contributed by atoms with van der Waals surface area (Å²) in [6, 6.07) is 6.33. The van der Waals surface area contributed by atoms with Crippen LogP contribution in [0.4, 0.5) is 4.39 Å². The van der Waals surface area contributed by atoms with Crippen molar-refractivity contribution in [2.75, 3.05) is 13.7 Å². The molecule has 0 bridgehead atoms. The van der Waals surface area contributed by atoms with Crippen molar-refractivity contribution in [3.63, 3.8) is 0 Å². The number of rotatable bonds is 5. The summed E-state index contributed by atoms with van der Waals surface area (Å²) in [6.07, 6.45) is 2.42. The summed E-state index contributed by atoms with van der Waals surface area (Å²) in [5.74, 6) is -0.430. The van der Waals surface area contributed by atoms with Crippen molar-refractivity contribution >= 4 is 5.97 Å². The summed E-state index contributed by atoms with van der Waals surface area (Å²) in [7, 11) is 1.42. The van der Waals surface area contributed by atoms with Crippen LogP contribution in [-0.4, -0.2) is 36.2 Å². The molecule has 4 nitrogen and oxygen atoms in total. The van der Waals surface area contributed by atoms with Gasteiger partial charge >= 0.3 is 5.97 Å². The SMILES string of the molecule is COC(=O)C1CCC(C)(C)N1NCCc1cccc(F)c1. The lowest BCUT2D eigenvalue weighted by molar-refractivity contribution is -0.148. The van der Waals surface area contributed by atoms with Gasteiger partial charge in [-0.3, -0.25) is 10.2 Å². The molecule has 1 N–H and O–H groups in total. The highest BCUT2D eigenvalue weighted by Gasteiger charge is 2.43.